The molecule has 1 heterocycles. The Balaban J connectivity index is 2.25. The van der Waals surface area contributed by atoms with Crippen LogP contribution >= 0.6 is 11.8 Å². The summed E-state index contributed by atoms with van der Waals surface area (Å²) in [4.78, 5) is 24.6. The maximum absolute atomic E-state index is 12.7. The summed E-state index contributed by atoms with van der Waals surface area (Å²) in [7, 11) is 4.42. The minimum Gasteiger partial charge on any atom is -0.493 e. The highest BCUT2D eigenvalue weighted by Crippen LogP contribution is 2.34. The molecule has 2 rings (SSSR count). The van der Waals surface area contributed by atoms with Crippen LogP contribution in [0.15, 0.2) is 28.7 Å². The van der Waals surface area contributed by atoms with Gasteiger partial charge in [0.1, 0.15) is 17.6 Å². The number of hydrogen-bond acceptors (Lipinski definition) is 7. The summed E-state index contributed by atoms with van der Waals surface area (Å²) in [5, 5.41) is 2.73. The summed E-state index contributed by atoms with van der Waals surface area (Å²) >= 11 is 1.59. The Morgan fingerprint density at radius 1 is 1.14 bits per heavy atom. The highest BCUT2D eigenvalue weighted by molar-refractivity contribution is 7.98. The number of aryl methyl sites for hydroxylation is 1. The summed E-state index contributed by atoms with van der Waals surface area (Å²) in [6, 6.07) is 6.30. The lowest BCUT2D eigenvalue weighted by Crippen LogP contribution is -2.42. The summed E-state index contributed by atoms with van der Waals surface area (Å²) in [5.41, 5.74) is 1.11. The lowest BCUT2D eigenvalue weighted by molar-refractivity contribution is -0.142. The zero-order chi connectivity index (χ0) is 20.7. The van der Waals surface area contributed by atoms with Crippen LogP contribution in [0.2, 0.25) is 0 Å². The topological polar surface area (TPSA) is 87.0 Å². The van der Waals surface area contributed by atoms with Gasteiger partial charge in [0.2, 0.25) is 0 Å². The Hall–Kier alpha value is -2.61. The molecule has 0 fully saturated rings. The van der Waals surface area contributed by atoms with Gasteiger partial charge in [-0.05, 0) is 49.6 Å². The van der Waals surface area contributed by atoms with Crippen LogP contribution < -0.4 is 14.8 Å². The van der Waals surface area contributed by atoms with E-state index in [1.165, 1.54) is 7.11 Å². The van der Waals surface area contributed by atoms with Crippen molar-refractivity contribution in [2.45, 2.75) is 19.4 Å². The maximum atomic E-state index is 12.7. The number of hydrogen-bond donors (Lipinski definition) is 1. The van der Waals surface area contributed by atoms with Gasteiger partial charge in [-0.15, -0.1) is 0 Å². The van der Waals surface area contributed by atoms with Crippen LogP contribution in [0.5, 0.6) is 11.5 Å². The number of nitrogens with one attached hydrogen (secondary N) is 1. The average molecular weight is 407 g/mol. The van der Waals surface area contributed by atoms with E-state index in [9.17, 15) is 9.59 Å². The first-order valence-corrected chi connectivity index (χ1v) is 10.0. The average Bonchev–Trinajstić information content (AvgIpc) is 3.11. The van der Waals surface area contributed by atoms with Crippen molar-refractivity contribution in [2.75, 3.05) is 33.3 Å². The first kappa shape index (κ1) is 21.7. The Bertz CT molecular complexity index is 832. The molecule has 0 spiro atoms. The van der Waals surface area contributed by atoms with Crippen molar-refractivity contribution in [1.29, 1.82) is 0 Å². The van der Waals surface area contributed by atoms with Gasteiger partial charge < -0.3 is 23.9 Å². The van der Waals surface area contributed by atoms with Gasteiger partial charge in [-0.3, -0.25) is 4.79 Å². The van der Waals surface area contributed by atoms with E-state index in [1.807, 2.05) is 12.3 Å². The normalized spacial score (nSPS) is 11.6. The molecule has 0 aliphatic rings. The van der Waals surface area contributed by atoms with E-state index in [0.717, 1.165) is 11.3 Å². The largest absolute Gasteiger partial charge is 0.493 e. The number of furan rings is 1. The zero-order valence-electron chi connectivity index (χ0n) is 16.7. The van der Waals surface area contributed by atoms with Crippen molar-refractivity contribution in [3.63, 3.8) is 0 Å². The Morgan fingerprint density at radius 3 is 2.46 bits per heavy atom. The van der Waals surface area contributed by atoms with Crippen LogP contribution in [0.3, 0.4) is 0 Å². The minimum atomic E-state index is -0.705. The van der Waals surface area contributed by atoms with Gasteiger partial charge in [-0.25, -0.2) is 4.79 Å². The first-order chi connectivity index (χ1) is 13.4. The molecule has 2 aromatic rings. The number of thioether (sulfide) groups is 1. The number of amides is 1. The summed E-state index contributed by atoms with van der Waals surface area (Å²) in [6.45, 7) is 1.70. The number of carbonyl (C=O) groups excluding carboxylic acids is 2. The fourth-order valence-corrected chi connectivity index (χ4v) is 3.17. The van der Waals surface area contributed by atoms with Crippen molar-refractivity contribution in [3.8, 4) is 22.8 Å². The SMILES string of the molecule is COC(=O)[C@H](CCSC)NC(=O)c1cc(-c2ccc(OC)c(OC)c2)oc1C. The first-order valence-electron chi connectivity index (χ1n) is 8.65. The van der Waals surface area contributed by atoms with Gasteiger partial charge in [-0.1, -0.05) is 0 Å². The van der Waals surface area contributed by atoms with Gasteiger partial charge >= 0.3 is 5.97 Å². The molecular formula is C20H25NO6S. The van der Waals surface area contributed by atoms with E-state index in [1.54, 1.807) is 51.1 Å². The molecule has 28 heavy (non-hydrogen) atoms. The Labute approximate surface area is 168 Å². The molecule has 1 atom stereocenters. The van der Waals surface area contributed by atoms with Crippen molar-refractivity contribution in [3.05, 3.63) is 35.6 Å². The third-order valence-corrected chi connectivity index (χ3v) is 4.88. The molecular weight excluding hydrogens is 382 g/mol. The second-order valence-corrected chi connectivity index (χ2v) is 6.97. The van der Waals surface area contributed by atoms with Gasteiger partial charge in [0, 0.05) is 5.56 Å². The summed E-state index contributed by atoms with van der Waals surface area (Å²) in [6.07, 6.45) is 2.42. The second kappa shape index (κ2) is 10.1. The number of rotatable bonds is 9. The minimum absolute atomic E-state index is 0.364. The van der Waals surface area contributed by atoms with Crippen LogP contribution in [0.1, 0.15) is 22.5 Å². The lowest BCUT2D eigenvalue weighted by Gasteiger charge is -2.15. The molecule has 0 aliphatic heterocycles. The van der Waals surface area contributed by atoms with E-state index < -0.39 is 12.0 Å². The van der Waals surface area contributed by atoms with E-state index in [4.69, 9.17) is 18.6 Å². The Kier molecular flexibility index (Phi) is 7.80. The van der Waals surface area contributed by atoms with Crippen molar-refractivity contribution in [1.82, 2.24) is 5.32 Å². The molecule has 0 unspecified atom stereocenters. The third kappa shape index (κ3) is 5.01. The van der Waals surface area contributed by atoms with Gasteiger partial charge in [-0.2, -0.15) is 11.8 Å². The van der Waals surface area contributed by atoms with Gasteiger partial charge in [0.15, 0.2) is 11.5 Å². The maximum Gasteiger partial charge on any atom is 0.328 e. The monoisotopic (exact) mass is 407 g/mol. The number of methoxy groups -OCH3 is 3. The molecule has 0 saturated heterocycles. The molecule has 0 aliphatic carbocycles. The number of esters is 1. The summed E-state index contributed by atoms with van der Waals surface area (Å²) in [5.74, 6) is 2.00. The van der Waals surface area contributed by atoms with Gasteiger partial charge in [0.25, 0.3) is 5.91 Å². The predicted octanol–water partition coefficient (Wildman–Crippen LogP) is 3.30. The predicted molar refractivity (Wildman–Crippen MR) is 108 cm³/mol. The Morgan fingerprint density at radius 2 is 1.86 bits per heavy atom. The molecule has 1 amide bonds. The molecule has 152 valence electrons. The van der Waals surface area contributed by atoms with E-state index in [2.05, 4.69) is 5.32 Å². The smallest absolute Gasteiger partial charge is 0.328 e. The number of ether oxygens (including phenoxy) is 3. The van der Waals surface area contributed by atoms with Crippen LogP contribution in [0, 0.1) is 6.92 Å². The fourth-order valence-electron chi connectivity index (χ4n) is 2.70. The molecule has 1 aromatic carbocycles. The quantitative estimate of drug-likeness (QED) is 0.638. The van der Waals surface area contributed by atoms with Crippen molar-refractivity contribution >= 4 is 23.6 Å². The molecule has 0 saturated carbocycles. The molecule has 0 radical (unpaired) electrons. The van der Waals surface area contributed by atoms with E-state index >= 15 is 0 Å². The van der Waals surface area contributed by atoms with Crippen LogP contribution in [0.25, 0.3) is 11.3 Å². The highest BCUT2D eigenvalue weighted by Gasteiger charge is 2.24. The second-order valence-electron chi connectivity index (χ2n) is 5.98. The van der Waals surface area contributed by atoms with Gasteiger partial charge in [0.05, 0.1) is 26.9 Å². The van der Waals surface area contributed by atoms with E-state index in [-0.39, 0.29) is 5.91 Å². The van der Waals surface area contributed by atoms with Crippen molar-refractivity contribution < 1.29 is 28.2 Å². The van der Waals surface area contributed by atoms with E-state index in [0.29, 0.717) is 35.0 Å². The number of carbonyl (C=O) groups is 2. The molecule has 0 bridgehead atoms. The summed E-state index contributed by atoms with van der Waals surface area (Å²) < 4.78 is 21.1. The third-order valence-electron chi connectivity index (χ3n) is 4.23. The standard InChI is InChI=1S/C20H25NO6S/c1-12-14(19(22)21-15(8-9-28-5)20(23)26-4)11-17(27-12)13-6-7-16(24-2)18(10-13)25-3/h6-7,10-11,15H,8-9H2,1-5H3,(H,21,22)/t15-/m0/s1. The molecule has 7 nitrogen and oxygen atoms in total. The number of benzene rings is 1. The lowest BCUT2D eigenvalue weighted by atomic mass is 10.1. The molecule has 1 aromatic heterocycles. The highest BCUT2D eigenvalue weighted by atomic mass is 32.2. The van der Waals surface area contributed by atoms with Crippen molar-refractivity contribution in [2.24, 2.45) is 0 Å². The zero-order valence-corrected chi connectivity index (χ0v) is 17.5. The van der Waals surface area contributed by atoms with Crippen LogP contribution in [-0.2, 0) is 9.53 Å². The molecule has 1 N–H and O–H groups in total. The van der Waals surface area contributed by atoms with Crippen LogP contribution in [-0.4, -0.2) is 51.3 Å². The molecule has 8 heteroatoms. The van der Waals surface area contributed by atoms with Crippen LogP contribution in [0.4, 0.5) is 0 Å². The fraction of sp³-hybridized carbons (Fsp3) is 0.400.